The van der Waals surface area contributed by atoms with Crippen LogP contribution in [0.1, 0.15) is 13.8 Å². The molecule has 8 heavy (non-hydrogen) atoms. The quantitative estimate of drug-likeness (QED) is 0.367. The number of nitrogens with zero attached hydrogens (tertiary/aromatic N) is 1. The van der Waals surface area contributed by atoms with Crippen LogP contribution in [-0.4, -0.2) is 14.6 Å². The highest BCUT2D eigenvalue weighted by Crippen LogP contribution is 2.02. The maximum absolute atomic E-state index is 3.64. The molecule has 0 saturated carbocycles. The van der Waals surface area contributed by atoms with E-state index in [9.17, 15) is 0 Å². The highest BCUT2D eigenvalue weighted by Gasteiger charge is 1.91. The van der Waals surface area contributed by atoms with Gasteiger partial charge in [-0.1, -0.05) is 19.3 Å². The number of aliphatic imine (C=N–C) groups is 1. The molecule has 0 heterocycles. The first kappa shape index (κ1) is 7.47. The minimum Gasteiger partial charge on any atom is -0.273 e. The topological polar surface area (TPSA) is 12.4 Å². The van der Waals surface area contributed by atoms with Gasteiger partial charge in [-0.25, -0.2) is 0 Å². The Morgan fingerprint density at radius 2 is 2.25 bits per heavy atom. The molecule has 0 N–H and O–H groups in total. The van der Waals surface area contributed by atoms with Gasteiger partial charge >= 0.3 is 0 Å². The SMILES string of the molecule is B/C(=C\N=C)C(C)C. The van der Waals surface area contributed by atoms with Gasteiger partial charge in [-0.3, -0.25) is 4.99 Å². The predicted molar refractivity (Wildman–Crippen MR) is 41.0 cm³/mol. The molecule has 0 aliphatic rings. The lowest BCUT2D eigenvalue weighted by Gasteiger charge is -2.00. The Labute approximate surface area is 51.9 Å². The largest absolute Gasteiger partial charge is 0.273 e. The third-order valence-corrected chi connectivity index (χ3v) is 1.21. The van der Waals surface area contributed by atoms with Gasteiger partial charge in [0.25, 0.3) is 0 Å². The van der Waals surface area contributed by atoms with Crippen LogP contribution in [0, 0.1) is 5.92 Å². The van der Waals surface area contributed by atoms with E-state index in [1.54, 1.807) is 6.20 Å². The zero-order valence-electron chi connectivity index (χ0n) is 5.81. The lowest BCUT2D eigenvalue weighted by Crippen LogP contribution is -1.91. The van der Waals surface area contributed by atoms with Gasteiger partial charge in [-0.2, -0.15) is 0 Å². The fourth-order valence-corrected chi connectivity index (χ4v) is 0.293. The minimum absolute atomic E-state index is 0.598. The average Bonchev–Trinajstić information content (AvgIpc) is 1.67. The summed E-state index contributed by atoms with van der Waals surface area (Å²) in [5, 5.41) is 0. The van der Waals surface area contributed by atoms with E-state index in [2.05, 4.69) is 33.4 Å². The average molecular weight is 109 g/mol. The lowest BCUT2D eigenvalue weighted by atomic mass is 9.87. The summed E-state index contributed by atoms with van der Waals surface area (Å²) in [6.07, 6.45) is 1.80. The van der Waals surface area contributed by atoms with Crippen LogP contribution in [0.4, 0.5) is 0 Å². The standard InChI is InChI=1S/C6H12BN/c1-5(2)6(7)4-8-3/h4-5H,3,7H2,1-2H3/b6-4-. The molecule has 0 aromatic heterocycles. The summed E-state index contributed by atoms with van der Waals surface area (Å²) in [5.41, 5.74) is 1.28. The van der Waals surface area contributed by atoms with Crippen molar-refractivity contribution in [3.05, 3.63) is 11.7 Å². The molecule has 0 aromatic rings. The normalized spacial score (nSPS) is 12.1. The van der Waals surface area contributed by atoms with Crippen LogP contribution in [0.5, 0.6) is 0 Å². The Morgan fingerprint density at radius 3 is 2.38 bits per heavy atom. The second-order valence-electron chi connectivity index (χ2n) is 2.21. The van der Waals surface area contributed by atoms with Gasteiger partial charge in [0.15, 0.2) is 0 Å². The van der Waals surface area contributed by atoms with Crippen LogP contribution in [-0.2, 0) is 0 Å². The van der Waals surface area contributed by atoms with E-state index in [-0.39, 0.29) is 0 Å². The summed E-state index contributed by atoms with van der Waals surface area (Å²) in [4.78, 5) is 3.64. The molecule has 0 spiro atoms. The molecule has 0 radical (unpaired) electrons. The van der Waals surface area contributed by atoms with Crippen molar-refractivity contribution in [1.29, 1.82) is 0 Å². The van der Waals surface area contributed by atoms with Crippen LogP contribution >= 0.6 is 0 Å². The molecule has 0 fully saturated rings. The number of rotatable bonds is 2. The maximum atomic E-state index is 3.64. The summed E-state index contributed by atoms with van der Waals surface area (Å²) in [7, 11) is 2.05. The van der Waals surface area contributed by atoms with Gasteiger partial charge in [0.05, 0.1) is 0 Å². The summed E-state index contributed by atoms with van der Waals surface area (Å²) < 4.78 is 0. The predicted octanol–water partition coefficient (Wildman–Crippen LogP) is 0.818. The third-order valence-electron chi connectivity index (χ3n) is 1.21. The first-order chi connectivity index (χ1) is 3.68. The fourth-order valence-electron chi connectivity index (χ4n) is 0.293. The van der Waals surface area contributed by atoms with Gasteiger partial charge < -0.3 is 0 Å². The van der Waals surface area contributed by atoms with E-state index in [0.29, 0.717) is 5.92 Å². The molecule has 0 amide bonds. The van der Waals surface area contributed by atoms with Crippen molar-refractivity contribution in [1.82, 2.24) is 0 Å². The van der Waals surface area contributed by atoms with Crippen molar-refractivity contribution in [2.75, 3.05) is 0 Å². The molecule has 0 aliphatic heterocycles. The maximum Gasteiger partial charge on any atom is 0.136 e. The minimum atomic E-state index is 0.598. The van der Waals surface area contributed by atoms with E-state index in [1.165, 1.54) is 5.47 Å². The first-order valence-electron chi connectivity index (χ1n) is 2.81. The van der Waals surface area contributed by atoms with Gasteiger partial charge in [-0.15, -0.1) is 0 Å². The third kappa shape index (κ3) is 2.62. The molecule has 2 heteroatoms. The van der Waals surface area contributed by atoms with Crippen molar-refractivity contribution in [3.8, 4) is 0 Å². The molecule has 0 saturated heterocycles. The van der Waals surface area contributed by atoms with E-state index in [1.807, 2.05) is 0 Å². The number of allylic oxidation sites excluding steroid dienone is 1. The van der Waals surface area contributed by atoms with Gasteiger partial charge in [-0.05, 0) is 12.6 Å². The second kappa shape index (κ2) is 3.47. The van der Waals surface area contributed by atoms with E-state index in [0.717, 1.165) is 0 Å². The molecule has 0 unspecified atom stereocenters. The highest BCUT2D eigenvalue weighted by molar-refractivity contribution is 6.21. The molecular formula is C6H12BN. The Morgan fingerprint density at radius 1 is 1.75 bits per heavy atom. The number of hydrogen-bond acceptors (Lipinski definition) is 1. The summed E-state index contributed by atoms with van der Waals surface area (Å²) in [6, 6.07) is 0. The molecule has 1 nitrogen and oxygen atoms in total. The monoisotopic (exact) mass is 109 g/mol. The van der Waals surface area contributed by atoms with Crippen LogP contribution in [0.2, 0.25) is 0 Å². The van der Waals surface area contributed by atoms with Gasteiger partial charge in [0.1, 0.15) is 7.85 Å². The zero-order valence-corrected chi connectivity index (χ0v) is 5.81. The molecule has 0 atom stereocenters. The summed E-state index contributed by atoms with van der Waals surface area (Å²) in [5.74, 6) is 0.598. The van der Waals surface area contributed by atoms with Crippen molar-refractivity contribution < 1.29 is 0 Å². The van der Waals surface area contributed by atoms with Gasteiger partial charge in [0, 0.05) is 6.20 Å². The first-order valence-corrected chi connectivity index (χ1v) is 2.81. The van der Waals surface area contributed by atoms with Crippen LogP contribution in [0.3, 0.4) is 0 Å². The Balaban J connectivity index is 3.78. The molecule has 0 aliphatic carbocycles. The van der Waals surface area contributed by atoms with Crippen LogP contribution < -0.4 is 0 Å². The molecule has 44 valence electrons. The fraction of sp³-hybridized carbons (Fsp3) is 0.500. The van der Waals surface area contributed by atoms with Gasteiger partial charge in [0.2, 0.25) is 0 Å². The molecule has 0 aromatic carbocycles. The van der Waals surface area contributed by atoms with E-state index >= 15 is 0 Å². The smallest absolute Gasteiger partial charge is 0.136 e. The highest BCUT2D eigenvalue weighted by atomic mass is 14.6. The second-order valence-corrected chi connectivity index (χ2v) is 2.21. The Bertz CT molecular complexity index is 105. The Hall–Kier alpha value is -0.525. The lowest BCUT2D eigenvalue weighted by molar-refractivity contribution is 0.810. The van der Waals surface area contributed by atoms with Crippen molar-refractivity contribution in [3.63, 3.8) is 0 Å². The summed E-state index contributed by atoms with van der Waals surface area (Å²) >= 11 is 0. The molecular weight excluding hydrogens is 96.9 g/mol. The van der Waals surface area contributed by atoms with Crippen molar-refractivity contribution in [2.24, 2.45) is 10.9 Å². The molecule has 0 bridgehead atoms. The van der Waals surface area contributed by atoms with Crippen molar-refractivity contribution >= 4 is 14.6 Å². The molecule has 0 rings (SSSR count). The van der Waals surface area contributed by atoms with E-state index < -0.39 is 0 Å². The Kier molecular flexibility index (Phi) is 3.25. The van der Waals surface area contributed by atoms with Crippen molar-refractivity contribution in [2.45, 2.75) is 13.8 Å². The number of hydrogen-bond donors (Lipinski definition) is 0. The van der Waals surface area contributed by atoms with Crippen LogP contribution in [0.15, 0.2) is 16.7 Å². The van der Waals surface area contributed by atoms with E-state index in [4.69, 9.17) is 0 Å². The van der Waals surface area contributed by atoms with Crippen LogP contribution in [0.25, 0.3) is 0 Å². The summed E-state index contributed by atoms with van der Waals surface area (Å²) in [6.45, 7) is 7.63. The zero-order chi connectivity index (χ0) is 6.57.